The van der Waals surface area contributed by atoms with Crippen LogP contribution in [0.5, 0.6) is 0 Å². The van der Waals surface area contributed by atoms with Crippen LogP contribution in [0, 0.1) is 5.92 Å². The van der Waals surface area contributed by atoms with E-state index in [0.717, 1.165) is 27.3 Å². The summed E-state index contributed by atoms with van der Waals surface area (Å²) in [6.07, 6.45) is 1.05. The average Bonchev–Trinajstić information content (AvgIpc) is 3.47. The Bertz CT molecular complexity index is 1480. The van der Waals surface area contributed by atoms with Crippen molar-refractivity contribution in [3.8, 4) is 0 Å². The fourth-order valence-corrected chi connectivity index (χ4v) is 8.17. The first-order valence-corrected chi connectivity index (χ1v) is 15.4. The van der Waals surface area contributed by atoms with Gasteiger partial charge in [0.05, 0.1) is 6.54 Å². The Balaban J connectivity index is 1.26. The average molecular weight is 581 g/mol. The molecule has 0 aliphatic carbocycles. The van der Waals surface area contributed by atoms with Crippen LogP contribution in [0.15, 0.2) is 101 Å². The monoisotopic (exact) mass is 580 g/mol. The summed E-state index contributed by atoms with van der Waals surface area (Å²) in [4.78, 5) is 13.1. The van der Waals surface area contributed by atoms with Gasteiger partial charge < -0.3 is 10.4 Å². The van der Waals surface area contributed by atoms with Gasteiger partial charge in [0.15, 0.2) is 0 Å². The van der Waals surface area contributed by atoms with Crippen LogP contribution < -0.4 is 5.32 Å². The van der Waals surface area contributed by atoms with E-state index in [4.69, 9.17) is 11.6 Å². The van der Waals surface area contributed by atoms with Crippen molar-refractivity contribution < 1.29 is 18.3 Å². The van der Waals surface area contributed by atoms with Gasteiger partial charge in [-0.25, -0.2) is 8.42 Å². The van der Waals surface area contributed by atoms with Crippen molar-refractivity contribution in [3.63, 3.8) is 0 Å². The van der Waals surface area contributed by atoms with E-state index in [-0.39, 0.29) is 22.6 Å². The van der Waals surface area contributed by atoms with Gasteiger partial charge in [0, 0.05) is 28.6 Å². The number of rotatable bonds is 8. The Kier molecular flexibility index (Phi) is 8.21. The van der Waals surface area contributed by atoms with Gasteiger partial charge in [0.25, 0.3) is 15.9 Å². The number of nitrogens with one attached hydrogen (secondary N) is 1. The molecule has 4 aromatic rings. The smallest absolute Gasteiger partial charge is 0.252 e. The maximum Gasteiger partial charge on any atom is 0.252 e. The molecule has 0 saturated carbocycles. The van der Waals surface area contributed by atoms with Gasteiger partial charge in [-0.1, -0.05) is 72.3 Å². The molecule has 0 radical (unpaired) electrons. The summed E-state index contributed by atoms with van der Waals surface area (Å²) in [6, 6.07) is 29.1. The molecule has 1 aromatic heterocycles. The standard InChI is InChI=1S/C30H29ClN2O4S2/c31-26-13-11-22(12-14-26)29(34)32-21-27-15-16-28(38-27)39(36,37)33-19-17-25(18-20-33)30(35,23-7-3-1-4-8-23)24-9-5-2-6-10-24/h1-16,25,35H,17-21H2,(H,32,34). The van der Waals surface area contributed by atoms with Crippen molar-refractivity contribution in [2.45, 2.75) is 29.2 Å². The van der Waals surface area contributed by atoms with Crippen LogP contribution in [0.3, 0.4) is 0 Å². The zero-order chi connectivity index (χ0) is 27.5. The summed E-state index contributed by atoms with van der Waals surface area (Å²) >= 11 is 7.04. The van der Waals surface area contributed by atoms with Crippen LogP contribution in [-0.2, 0) is 22.2 Å². The number of thiophene rings is 1. The van der Waals surface area contributed by atoms with Crippen molar-refractivity contribution in [1.29, 1.82) is 0 Å². The third-order valence-electron chi connectivity index (χ3n) is 7.23. The SMILES string of the molecule is O=C(NCc1ccc(S(=O)(=O)N2CCC(C(O)(c3ccccc3)c3ccccc3)CC2)s1)c1ccc(Cl)cc1. The summed E-state index contributed by atoms with van der Waals surface area (Å²) in [7, 11) is -3.69. The molecular weight excluding hydrogens is 552 g/mol. The minimum atomic E-state index is -3.69. The van der Waals surface area contributed by atoms with Gasteiger partial charge >= 0.3 is 0 Å². The van der Waals surface area contributed by atoms with Crippen molar-refractivity contribution in [2.24, 2.45) is 5.92 Å². The molecule has 0 atom stereocenters. The normalized spacial score (nSPS) is 15.2. The Morgan fingerprint density at radius 1 is 0.897 bits per heavy atom. The number of hydrogen-bond acceptors (Lipinski definition) is 5. The van der Waals surface area contributed by atoms with Gasteiger partial charge in [-0.2, -0.15) is 4.31 Å². The Labute approximate surface area is 237 Å². The van der Waals surface area contributed by atoms with Crippen LogP contribution in [-0.4, -0.2) is 36.8 Å². The number of aliphatic hydroxyl groups is 1. The highest BCUT2D eigenvalue weighted by Gasteiger charge is 2.43. The van der Waals surface area contributed by atoms with Gasteiger partial charge in [-0.05, 0) is 66.3 Å². The first-order valence-electron chi connectivity index (χ1n) is 12.7. The summed E-state index contributed by atoms with van der Waals surface area (Å²) in [6.45, 7) is 0.857. The fraction of sp³-hybridized carbons (Fsp3) is 0.233. The molecular formula is C30H29ClN2O4S2. The minimum absolute atomic E-state index is 0.143. The topological polar surface area (TPSA) is 86.7 Å². The van der Waals surface area contributed by atoms with E-state index in [2.05, 4.69) is 5.32 Å². The summed E-state index contributed by atoms with van der Waals surface area (Å²) in [5, 5.41) is 15.5. The van der Waals surface area contributed by atoms with Gasteiger partial charge in [0.1, 0.15) is 9.81 Å². The molecule has 1 aliphatic rings. The Morgan fingerprint density at radius 3 is 2.03 bits per heavy atom. The highest BCUT2D eigenvalue weighted by molar-refractivity contribution is 7.91. The first kappa shape index (κ1) is 27.6. The third kappa shape index (κ3) is 5.81. The molecule has 0 bridgehead atoms. The lowest BCUT2D eigenvalue weighted by Gasteiger charge is -2.41. The predicted molar refractivity (Wildman–Crippen MR) is 154 cm³/mol. The van der Waals surface area contributed by atoms with Gasteiger partial charge in [-0.3, -0.25) is 4.79 Å². The van der Waals surface area contributed by atoms with E-state index in [1.807, 2.05) is 60.7 Å². The quantitative estimate of drug-likeness (QED) is 0.281. The molecule has 2 heterocycles. The summed E-state index contributed by atoms with van der Waals surface area (Å²) < 4.78 is 28.7. The molecule has 2 N–H and O–H groups in total. The van der Waals surface area contributed by atoms with E-state index in [0.29, 0.717) is 36.5 Å². The van der Waals surface area contributed by atoms with E-state index in [9.17, 15) is 18.3 Å². The highest BCUT2D eigenvalue weighted by atomic mass is 35.5. The fourth-order valence-electron chi connectivity index (χ4n) is 5.13. The number of sulfonamides is 1. The van der Waals surface area contributed by atoms with E-state index in [1.54, 1.807) is 36.4 Å². The lowest BCUT2D eigenvalue weighted by Crippen LogP contribution is -2.45. The molecule has 5 rings (SSSR count). The van der Waals surface area contributed by atoms with Crippen LogP contribution in [0.4, 0.5) is 0 Å². The van der Waals surface area contributed by atoms with E-state index < -0.39 is 15.6 Å². The maximum atomic E-state index is 13.5. The number of nitrogens with zero attached hydrogens (tertiary/aromatic N) is 1. The molecule has 1 amide bonds. The summed E-state index contributed by atoms with van der Waals surface area (Å²) in [5.74, 6) is -0.397. The van der Waals surface area contributed by atoms with Crippen LogP contribution in [0.25, 0.3) is 0 Å². The number of carbonyl (C=O) groups excluding carboxylic acids is 1. The van der Waals surface area contributed by atoms with Gasteiger partial charge in [0.2, 0.25) is 0 Å². The van der Waals surface area contributed by atoms with E-state index in [1.165, 1.54) is 4.31 Å². The second kappa shape index (κ2) is 11.6. The molecule has 202 valence electrons. The number of hydrogen-bond donors (Lipinski definition) is 2. The molecule has 1 saturated heterocycles. The third-order valence-corrected chi connectivity index (χ3v) is 10.9. The van der Waals surface area contributed by atoms with Crippen molar-refractivity contribution in [1.82, 2.24) is 9.62 Å². The van der Waals surface area contributed by atoms with Gasteiger partial charge in [-0.15, -0.1) is 11.3 Å². The second-order valence-electron chi connectivity index (χ2n) is 9.59. The second-order valence-corrected chi connectivity index (χ2v) is 13.4. The molecule has 0 unspecified atom stereocenters. The molecule has 9 heteroatoms. The summed E-state index contributed by atoms with van der Waals surface area (Å²) in [5.41, 5.74) is 0.885. The predicted octanol–water partition coefficient (Wildman–Crippen LogP) is 5.67. The first-order chi connectivity index (χ1) is 18.8. The molecule has 3 aromatic carbocycles. The Morgan fingerprint density at radius 2 is 1.46 bits per heavy atom. The molecule has 6 nitrogen and oxygen atoms in total. The van der Waals surface area contributed by atoms with Crippen molar-refractivity contribution in [3.05, 3.63) is 124 Å². The zero-order valence-corrected chi connectivity index (χ0v) is 23.6. The highest BCUT2D eigenvalue weighted by Crippen LogP contribution is 2.42. The van der Waals surface area contributed by atoms with Crippen LogP contribution in [0.1, 0.15) is 39.2 Å². The number of halogens is 1. The maximum absolute atomic E-state index is 13.5. The number of piperidine rings is 1. The molecule has 1 aliphatic heterocycles. The van der Waals surface area contributed by atoms with Crippen molar-refractivity contribution >= 4 is 38.9 Å². The Hall–Kier alpha value is -3.01. The zero-order valence-electron chi connectivity index (χ0n) is 21.2. The van der Waals surface area contributed by atoms with Crippen molar-refractivity contribution in [2.75, 3.05) is 13.1 Å². The van der Waals surface area contributed by atoms with Crippen LogP contribution in [0.2, 0.25) is 5.02 Å². The molecule has 39 heavy (non-hydrogen) atoms. The lowest BCUT2D eigenvalue weighted by molar-refractivity contribution is -0.00529. The number of amides is 1. The number of benzene rings is 3. The lowest BCUT2D eigenvalue weighted by atomic mass is 9.72. The van der Waals surface area contributed by atoms with Crippen LogP contribution >= 0.6 is 22.9 Å². The van der Waals surface area contributed by atoms with E-state index >= 15 is 0 Å². The molecule has 0 spiro atoms. The minimum Gasteiger partial charge on any atom is -0.380 e. The largest absolute Gasteiger partial charge is 0.380 e. The number of carbonyl (C=O) groups is 1. The molecule has 1 fully saturated rings.